The molecule has 2 aromatic rings. The Morgan fingerprint density at radius 3 is 2.71 bits per heavy atom. The lowest BCUT2D eigenvalue weighted by Gasteiger charge is -2.07. The number of hydrogen-bond donors (Lipinski definition) is 1. The number of nitrogens with one attached hydrogen (secondary N) is 1. The predicted molar refractivity (Wildman–Crippen MR) is 67.0 cm³/mol. The third-order valence-corrected chi connectivity index (χ3v) is 2.36. The Morgan fingerprint density at radius 2 is 2.18 bits per heavy atom. The molecule has 0 unspecified atom stereocenters. The molecule has 0 amide bonds. The minimum absolute atomic E-state index is 0.297. The molecule has 88 valence electrons. The standard InChI is InChI=1S/C13H14FN3/c1-9(2)16-13-5-4-10(6-12(13)14)11-7-15-17(3)8-11/h4-8,16H,1H2,2-3H3. The number of aryl methyl sites for hydroxylation is 1. The molecule has 3 nitrogen and oxygen atoms in total. The van der Waals surface area contributed by atoms with Crippen LogP contribution in [0.1, 0.15) is 6.92 Å². The van der Waals surface area contributed by atoms with E-state index in [0.717, 1.165) is 11.1 Å². The van der Waals surface area contributed by atoms with Crippen molar-refractivity contribution in [2.24, 2.45) is 7.05 Å². The molecule has 0 fully saturated rings. The summed E-state index contributed by atoms with van der Waals surface area (Å²) < 4.78 is 15.5. The van der Waals surface area contributed by atoms with Crippen molar-refractivity contribution >= 4 is 5.69 Å². The molecule has 0 radical (unpaired) electrons. The van der Waals surface area contributed by atoms with E-state index in [0.29, 0.717) is 11.4 Å². The Bertz CT molecular complexity index is 558. The number of halogens is 1. The summed E-state index contributed by atoms with van der Waals surface area (Å²) in [5.74, 6) is -0.297. The van der Waals surface area contributed by atoms with Crippen molar-refractivity contribution in [1.29, 1.82) is 0 Å². The Morgan fingerprint density at radius 1 is 1.41 bits per heavy atom. The van der Waals surface area contributed by atoms with Gasteiger partial charge in [-0.15, -0.1) is 0 Å². The minimum atomic E-state index is -0.297. The van der Waals surface area contributed by atoms with Crippen LogP contribution in [-0.4, -0.2) is 9.78 Å². The number of nitrogens with zero attached hydrogens (tertiary/aromatic N) is 2. The number of allylic oxidation sites excluding steroid dienone is 1. The first-order valence-corrected chi connectivity index (χ1v) is 5.27. The predicted octanol–water partition coefficient (Wildman–Crippen LogP) is 3.17. The van der Waals surface area contributed by atoms with Crippen LogP contribution in [0, 0.1) is 5.82 Å². The highest BCUT2D eigenvalue weighted by molar-refractivity contribution is 5.65. The summed E-state index contributed by atoms with van der Waals surface area (Å²) in [4.78, 5) is 0. The van der Waals surface area contributed by atoms with Gasteiger partial charge in [0.2, 0.25) is 0 Å². The van der Waals surface area contributed by atoms with Gasteiger partial charge in [0.25, 0.3) is 0 Å². The van der Waals surface area contributed by atoms with Gasteiger partial charge in [0.15, 0.2) is 0 Å². The van der Waals surface area contributed by atoms with E-state index in [-0.39, 0.29) is 5.82 Å². The summed E-state index contributed by atoms with van der Waals surface area (Å²) in [5.41, 5.74) is 2.85. The number of anilines is 1. The SMILES string of the molecule is C=C(C)Nc1ccc(-c2cnn(C)c2)cc1F. The number of rotatable bonds is 3. The summed E-state index contributed by atoms with van der Waals surface area (Å²) >= 11 is 0. The second-order valence-corrected chi connectivity index (χ2v) is 4.00. The van der Waals surface area contributed by atoms with Gasteiger partial charge in [-0.05, 0) is 24.6 Å². The van der Waals surface area contributed by atoms with Gasteiger partial charge < -0.3 is 5.32 Å². The first-order valence-electron chi connectivity index (χ1n) is 5.27. The van der Waals surface area contributed by atoms with Crippen molar-refractivity contribution in [3.05, 3.63) is 48.7 Å². The van der Waals surface area contributed by atoms with Crippen molar-refractivity contribution in [2.75, 3.05) is 5.32 Å². The normalized spacial score (nSPS) is 10.3. The highest BCUT2D eigenvalue weighted by Gasteiger charge is 2.06. The molecular formula is C13H14FN3. The van der Waals surface area contributed by atoms with Gasteiger partial charge in [0, 0.05) is 24.5 Å². The number of aromatic nitrogens is 2. The fraction of sp³-hybridized carbons (Fsp3) is 0.154. The first-order chi connectivity index (χ1) is 8.06. The molecule has 1 aromatic heterocycles. The van der Waals surface area contributed by atoms with E-state index in [4.69, 9.17) is 0 Å². The van der Waals surface area contributed by atoms with E-state index in [9.17, 15) is 4.39 Å². The molecular weight excluding hydrogens is 217 g/mol. The van der Waals surface area contributed by atoms with Crippen LogP contribution >= 0.6 is 0 Å². The van der Waals surface area contributed by atoms with Crippen LogP contribution in [0.15, 0.2) is 42.9 Å². The van der Waals surface area contributed by atoms with Crippen LogP contribution in [0.4, 0.5) is 10.1 Å². The average molecular weight is 231 g/mol. The van der Waals surface area contributed by atoms with Gasteiger partial charge in [-0.1, -0.05) is 12.6 Å². The average Bonchev–Trinajstić information content (AvgIpc) is 2.67. The van der Waals surface area contributed by atoms with Gasteiger partial charge >= 0.3 is 0 Å². The maximum Gasteiger partial charge on any atom is 0.147 e. The van der Waals surface area contributed by atoms with Gasteiger partial charge in [-0.2, -0.15) is 5.10 Å². The van der Waals surface area contributed by atoms with Crippen molar-refractivity contribution in [2.45, 2.75) is 6.92 Å². The minimum Gasteiger partial charge on any atom is -0.357 e. The molecule has 0 aliphatic heterocycles. The Hall–Kier alpha value is -2.10. The number of benzene rings is 1. The van der Waals surface area contributed by atoms with Crippen LogP contribution in [-0.2, 0) is 7.05 Å². The third-order valence-electron chi connectivity index (χ3n) is 2.36. The molecule has 2 rings (SSSR count). The van der Waals surface area contributed by atoms with E-state index in [1.165, 1.54) is 6.07 Å². The maximum absolute atomic E-state index is 13.8. The molecule has 1 aromatic carbocycles. The van der Waals surface area contributed by atoms with Crippen molar-refractivity contribution in [3.63, 3.8) is 0 Å². The Labute approximate surface area is 99.6 Å². The molecule has 4 heteroatoms. The smallest absolute Gasteiger partial charge is 0.147 e. The summed E-state index contributed by atoms with van der Waals surface area (Å²) in [7, 11) is 1.83. The highest BCUT2D eigenvalue weighted by atomic mass is 19.1. The molecule has 0 bridgehead atoms. The van der Waals surface area contributed by atoms with E-state index in [1.807, 2.05) is 19.3 Å². The molecule has 1 heterocycles. The quantitative estimate of drug-likeness (QED) is 0.879. The lowest BCUT2D eigenvalue weighted by atomic mass is 10.1. The largest absolute Gasteiger partial charge is 0.357 e. The molecule has 0 aliphatic rings. The molecule has 17 heavy (non-hydrogen) atoms. The van der Waals surface area contributed by atoms with Gasteiger partial charge in [-0.3, -0.25) is 4.68 Å². The maximum atomic E-state index is 13.8. The summed E-state index contributed by atoms with van der Waals surface area (Å²) in [6, 6.07) is 5.04. The molecule has 0 saturated heterocycles. The summed E-state index contributed by atoms with van der Waals surface area (Å²) in [6.45, 7) is 5.47. The van der Waals surface area contributed by atoms with Crippen LogP contribution in [0.3, 0.4) is 0 Å². The number of hydrogen-bond acceptors (Lipinski definition) is 2. The Balaban J connectivity index is 2.33. The zero-order valence-corrected chi connectivity index (χ0v) is 9.87. The van der Waals surface area contributed by atoms with Crippen molar-refractivity contribution in [1.82, 2.24) is 9.78 Å². The van der Waals surface area contributed by atoms with Crippen molar-refractivity contribution < 1.29 is 4.39 Å². The summed E-state index contributed by atoms with van der Waals surface area (Å²) in [5, 5.41) is 6.92. The summed E-state index contributed by atoms with van der Waals surface area (Å²) in [6.07, 6.45) is 3.56. The first kappa shape index (κ1) is 11.4. The third kappa shape index (κ3) is 2.53. The molecule has 0 atom stereocenters. The van der Waals surface area contributed by atoms with Gasteiger partial charge in [0.1, 0.15) is 5.82 Å². The van der Waals surface area contributed by atoms with Crippen molar-refractivity contribution in [3.8, 4) is 11.1 Å². The van der Waals surface area contributed by atoms with Gasteiger partial charge in [0.05, 0.1) is 11.9 Å². The van der Waals surface area contributed by atoms with Crippen LogP contribution in [0.2, 0.25) is 0 Å². The lowest BCUT2D eigenvalue weighted by Crippen LogP contribution is -1.96. The van der Waals surface area contributed by atoms with E-state index < -0.39 is 0 Å². The van der Waals surface area contributed by atoms with Gasteiger partial charge in [-0.25, -0.2) is 4.39 Å². The topological polar surface area (TPSA) is 29.9 Å². The Kier molecular flexibility index (Phi) is 2.95. The van der Waals surface area contributed by atoms with Crippen LogP contribution < -0.4 is 5.32 Å². The zero-order chi connectivity index (χ0) is 12.4. The second kappa shape index (κ2) is 4.41. The van der Waals surface area contributed by atoms with Crippen LogP contribution in [0.5, 0.6) is 0 Å². The van der Waals surface area contributed by atoms with E-state index in [1.54, 1.807) is 23.9 Å². The van der Waals surface area contributed by atoms with E-state index in [2.05, 4.69) is 17.0 Å². The zero-order valence-electron chi connectivity index (χ0n) is 9.87. The fourth-order valence-corrected chi connectivity index (χ4v) is 1.60. The molecule has 0 aliphatic carbocycles. The highest BCUT2D eigenvalue weighted by Crippen LogP contribution is 2.24. The van der Waals surface area contributed by atoms with E-state index >= 15 is 0 Å². The molecule has 0 saturated carbocycles. The monoisotopic (exact) mass is 231 g/mol. The molecule has 1 N–H and O–H groups in total. The van der Waals surface area contributed by atoms with Crippen LogP contribution in [0.25, 0.3) is 11.1 Å². The molecule has 0 spiro atoms. The second-order valence-electron chi connectivity index (χ2n) is 4.00. The fourth-order valence-electron chi connectivity index (χ4n) is 1.60. The lowest BCUT2D eigenvalue weighted by molar-refractivity contribution is 0.632.